The van der Waals surface area contributed by atoms with E-state index in [4.69, 9.17) is 10.8 Å². The third kappa shape index (κ3) is 3.21. The van der Waals surface area contributed by atoms with Gasteiger partial charge in [-0.25, -0.2) is 9.78 Å². The van der Waals surface area contributed by atoms with Gasteiger partial charge >= 0.3 is 5.97 Å². The number of nitrogens with one attached hydrogen (secondary N) is 1. The fraction of sp³-hybridized carbons (Fsp3) is 0.250. The first-order chi connectivity index (χ1) is 9.06. The highest BCUT2D eigenvalue weighted by Crippen LogP contribution is 2.16. The lowest BCUT2D eigenvalue weighted by molar-refractivity contribution is 0.0696. The molecule has 0 atom stereocenters. The van der Waals surface area contributed by atoms with Crippen molar-refractivity contribution >= 4 is 17.5 Å². The van der Waals surface area contributed by atoms with Crippen molar-refractivity contribution in [2.24, 2.45) is 7.05 Å². The Bertz CT molecular complexity index is 594. The summed E-state index contributed by atoms with van der Waals surface area (Å²) in [5, 5.41) is 15.9. The van der Waals surface area contributed by atoms with Crippen molar-refractivity contribution in [1.82, 2.24) is 14.8 Å². The number of carboxylic acids is 1. The zero-order valence-electron chi connectivity index (χ0n) is 10.5. The number of anilines is 2. The second kappa shape index (κ2) is 5.38. The summed E-state index contributed by atoms with van der Waals surface area (Å²) in [6.07, 6.45) is 5.80. The van der Waals surface area contributed by atoms with Gasteiger partial charge in [-0.3, -0.25) is 4.68 Å². The van der Waals surface area contributed by atoms with E-state index in [9.17, 15) is 4.79 Å². The van der Waals surface area contributed by atoms with Gasteiger partial charge in [-0.05, 0) is 18.1 Å². The van der Waals surface area contributed by atoms with E-state index in [-0.39, 0.29) is 5.56 Å². The molecule has 0 bridgehead atoms. The number of nitrogens with zero attached hydrogens (tertiary/aromatic N) is 3. The summed E-state index contributed by atoms with van der Waals surface area (Å²) < 4.78 is 1.74. The summed E-state index contributed by atoms with van der Waals surface area (Å²) in [6.45, 7) is 0.648. The molecule has 0 amide bonds. The smallest absolute Gasteiger partial charge is 0.337 e. The zero-order valence-corrected chi connectivity index (χ0v) is 10.5. The normalized spacial score (nSPS) is 10.4. The number of carboxylic acid groups (broad SMARTS) is 1. The molecule has 0 radical (unpaired) electrons. The molecule has 0 aliphatic heterocycles. The summed E-state index contributed by atoms with van der Waals surface area (Å²) in [7, 11) is 1.86. The lowest BCUT2D eigenvalue weighted by atomic mass is 10.2. The molecule has 7 nitrogen and oxygen atoms in total. The van der Waals surface area contributed by atoms with Crippen LogP contribution in [0.4, 0.5) is 11.5 Å². The SMILES string of the molecule is Cn1cc(CCNc2ncc(C(=O)O)cc2N)cn1. The minimum Gasteiger partial charge on any atom is -0.478 e. The summed E-state index contributed by atoms with van der Waals surface area (Å²) in [6, 6.07) is 1.39. The van der Waals surface area contributed by atoms with E-state index in [0.29, 0.717) is 18.1 Å². The van der Waals surface area contributed by atoms with Crippen LogP contribution in [0.3, 0.4) is 0 Å². The lowest BCUT2D eigenvalue weighted by Gasteiger charge is -2.08. The Kier molecular flexibility index (Phi) is 3.65. The van der Waals surface area contributed by atoms with E-state index in [0.717, 1.165) is 12.0 Å². The van der Waals surface area contributed by atoms with Gasteiger partial charge in [-0.15, -0.1) is 0 Å². The molecule has 19 heavy (non-hydrogen) atoms. The monoisotopic (exact) mass is 261 g/mol. The number of nitrogen functional groups attached to an aromatic ring is 1. The molecule has 4 N–H and O–H groups in total. The maximum atomic E-state index is 10.7. The van der Waals surface area contributed by atoms with Gasteiger partial charge in [0.1, 0.15) is 5.82 Å². The highest BCUT2D eigenvalue weighted by Gasteiger charge is 2.07. The highest BCUT2D eigenvalue weighted by atomic mass is 16.4. The number of pyridine rings is 1. The Balaban J connectivity index is 1.94. The van der Waals surface area contributed by atoms with Gasteiger partial charge in [0.05, 0.1) is 17.4 Å². The van der Waals surface area contributed by atoms with Crippen LogP contribution in [0.1, 0.15) is 15.9 Å². The fourth-order valence-electron chi connectivity index (χ4n) is 1.67. The van der Waals surface area contributed by atoms with Gasteiger partial charge < -0.3 is 16.2 Å². The summed E-state index contributed by atoms with van der Waals surface area (Å²) in [5.74, 6) is -0.546. The van der Waals surface area contributed by atoms with Crippen LogP contribution in [-0.2, 0) is 13.5 Å². The van der Waals surface area contributed by atoms with Gasteiger partial charge in [-0.2, -0.15) is 5.10 Å². The Labute approximate surface area is 110 Å². The fourth-order valence-corrected chi connectivity index (χ4v) is 1.67. The molecule has 2 aromatic rings. The van der Waals surface area contributed by atoms with Crippen LogP contribution in [0.15, 0.2) is 24.7 Å². The number of hydrogen-bond acceptors (Lipinski definition) is 5. The number of carbonyl (C=O) groups is 1. The number of rotatable bonds is 5. The van der Waals surface area contributed by atoms with Crippen LogP contribution in [0.5, 0.6) is 0 Å². The van der Waals surface area contributed by atoms with E-state index in [1.807, 2.05) is 13.2 Å². The van der Waals surface area contributed by atoms with E-state index < -0.39 is 5.97 Å². The van der Waals surface area contributed by atoms with Crippen molar-refractivity contribution in [3.8, 4) is 0 Å². The summed E-state index contributed by atoms with van der Waals surface area (Å²) in [4.78, 5) is 14.7. The van der Waals surface area contributed by atoms with Crippen molar-refractivity contribution in [2.75, 3.05) is 17.6 Å². The summed E-state index contributed by atoms with van der Waals surface area (Å²) >= 11 is 0. The minimum absolute atomic E-state index is 0.0790. The first kappa shape index (κ1) is 12.9. The van der Waals surface area contributed by atoms with E-state index in [1.165, 1.54) is 12.3 Å². The van der Waals surface area contributed by atoms with Crippen LogP contribution in [0, 0.1) is 0 Å². The molecule has 7 heteroatoms. The Morgan fingerprint density at radius 3 is 2.89 bits per heavy atom. The molecule has 2 heterocycles. The molecule has 0 spiro atoms. The second-order valence-electron chi connectivity index (χ2n) is 4.17. The second-order valence-corrected chi connectivity index (χ2v) is 4.17. The van der Waals surface area contributed by atoms with Crippen molar-refractivity contribution in [2.45, 2.75) is 6.42 Å². The molecule has 0 saturated carbocycles. The van der Waals surface area contributed by atoms with Gasteiger partial charge in [0.25, 0.3) is 0 Å². The average molecular weight is 261 g/mol. The summed E-state index contributed by atoms with van der Waals surface area (Å²) in [5.41, 5.74) is 7.25. The molecule has 0 aliphatic carbocycles. The largest absolute Gasteiger partial charge is 0.478 e. The predicted molar refractivity (Wildman–Crippen MR) is 71.0 cm³/mol. The molecule has 0 aromatic carbocycles. The van der Waals surface area contributed by atoms with E-state index >= 15 is 0 Å². The van der Waals surface area contributed by atoms with Gasteiger partial charge in [0.15, 0.2) is 0 Å². The first-order valence-corrected chi connectivity index (χ1v) is 5.76. The zero-order chi connectivity index (χ0) is 13.8. The molecule has 0 saturated heterocycles. The molecule has 100 valence electrons. The third-order valence-electron chi connectivity index (χ3n) is 2.63. The van der Waals surface area contributed by atoms with Crippen molar-refractivity contribution < 1.29 is 9.90 Å². The van der Waals surface area contributed by atoms with Crippen molar-refractivity contribution in [1.29, 1.82) is 0 Å². The molecule has 0 unspecified atom stereocenters. The Morgan fingerprint density at radius 1 is 1.53 bits per heavy atom. The standard InChI is InChI=1S/C12H15N5O2/c1-17-7-8(5-16-17)2-3-14-11-10(13)4-9(6-15-11)12(18)19/h4-7H,2-3,13H2,1H3,(H,14,15)(H,18,19). The molecule has 2 aromatic heterocycles. The number of aromatic carboxylic acids is 1. The minimum atomic E-state index is -1.04. The van der Waals surface area contributed by atoms with Crippen LogP contribution >= 0.6 is 0 Å². The molecular weight excluding hydrogens is 246 g/mol. The van der Waals surface area contributed by atoms with Crippen molar-refractivity contribution in [3.63, 3.8) is 0 Å². The van der Waals surface area contributed by atoms with Crippen LogP contribution in [0.25, 0.3) is 0 Å². The Morgan fingerprint density at radius 2 is 2.32 bits per heavy atom. The maximum absolute atomic E-state index is 10.7. The first-order valence-electron chi connectivity index (χ1n) is 5.76. The molecule has 0 fully saturated rings. The number of hydrogen-bond donors (Lipinski definition) is 3. The lowest BCUT2D eigenvalue weighted by Crippen LogP contribution is -2.09. The van der Waals surface area contributed by atoms with Gasteiger partial charge in [0, 0.05) is 26.0 Å². The number of nitrogens with two attached hydrogens (primary N) is 1. The van der Waals surface area contributed by atoms with Gasteiger partial charge in [-0.1, -0.05) is 0 Å². The quantitative estimate of drug-likeness (QED) is 0.733. The molecular formula is C12H15N5O2. The highest BCUT2D eigenvalue weighted by molar-refractivity contribution is 5.89. The van der Waals surface area contributed by atoms with Crippen LogP contribution in [-0.4, -0.2) is 32.4 Å². The van der Waals surface area contributed by atoms with E-state index in [2.05, 4.69) is 15.4 Å². The molecule has 2 rings (SSSR count). The topological polar surface area (TPSA) is 106 Å². The maximum Gasteiger partial charge on any atom is 0.337 e. The average Bonchev–Trinajstić information content (AvgIpc) is 2.77. The number of aromatic nitrogens is 3. The molecule has 0 aliphatic rings. The van der Waals surface area contributed by atoms with Crippen LogP contribution in [0.2, 0.25) is 0 Å². The predicted octanol–water partition coefficient (Wildman–Crippen LogP) is 0.750. The third-order valence-corrected chi connectivity index (χ3v) is 2.63. The van der Waals surface area contributed by atoms with Crippen molar-refractivity contribution in [3.05, 3.63) is 35.8 Å². The van der Waals surface area contributed by atoms with E-state index in [1.54, 1.807) is 10.9 Å². The van der Waals surface area contributed by atoms with Crippen LogP contribution < -0.4 is 11.1 Å². The van der Waals surface area contributed by atoms with Gasteiger partial charge in [0.2, 0.25) is 0 Å². The number of aryl methyl sites for hydroxylation is 1. The Hall–Kier alpha value is -2.57.